The summed E-state index contributed by atoms with van der Waals surface area (Å²) in [5.41, 5.74) is -0.0282. The van der Waals surface area contributed by atoms with Crippen molar-refractivity contribution in [3.05, 3.63) is 94.8 Å². The summed E-state index contributed by atoms with van der Waals surface area (Å²) in [4.78, 5) is 16.3. The lowest BCUT2D eigenvalue weighted by Crippen LogP contribution is -2.45. The van der Waals surface area contributed by atoms with E-state index in [1.54, 1.807) is 19.2 Å². The molecule has 1 aliphatic carbocycles. The van der Waals surface area contributed by atoms with Crippen LogP contribution in [0.4, 0.5) is 13.2 Å². The molecule has 226 valence electrons. The van der Waals surface area contributed by atoms with Gasteiger partial charge in [-0.3, -0.25) is 4.79 Å². The predicted octanol–water partition coefficient (Wildman–Crippen LogP) is 6.79. The number of aromatic nitrogens is 2. The number of piperidine rings is 1. The van der Waals surface area contributed by atoms with Gasteiger partial charge in [-0.05, 0) is 66.6 Å². The molecule has 0 spiro atoms. The van der Waals surface area contributed by atoms with Gasteiger partial charge in [0, 0.05) is 36.5 Å². The third kappa shape index (κ3) is 5.44. The Labute approximate surface area is 248 Å². The Morgan fingerprint density at radius 3 is 2.05 bits per heavy atom. The molecule has 11 heteroatoms. The summed E-state index contributed by atoms with van der Waals surface area (Å²) in [6.45, 7) is -0.402. The van der Waals surface area contributed by atoms with E-state index in [-0.39, 0.29) is 43.8 Å². The van der Waals surface area contributed by atoms with Gasteiger partial charge in [-0.2, -0.15) is 17.5 Å². The van der Waals surface area contributed by atoms with Crippen LogP contribution >= 0.6 is 0 Å². The molecule has 6 rings (SSSR count). The Kier molecular flexibility index (Phi) is 7.80. The lowest BCUT2D eigenvalue weighted by molar-refractivity contribution is -0.0496. The van der Waals surface area contributed by atoms with Gasteiger partial charge in [-0.25, -0.2) is 13.4 Å². The summed E-state index contributed by atoms with van der Waals surface area (Å²) < 4.78 is 71.9. The molecule has 0 radical (unpaired) electrons. The minimum atomic E-state index is -5.37. The predicted molar refractivity (Wildman–Crippen MR) is 157 cm³/mol. The normalized spacial score (nSPS) is 18.0. The van der Waals surface area contributed by atoms with E-state index < -0.39 is 15.5 Å². The fourth-order valence-corrected chi connectivity index (χ4v) is 7.26. The van der Waals surface area contributed by atoms with E-state index in [0.29, 0.717) is 9.87 Å². The molecule has 0 amide bonds. The lowest BCUT2D eigenvalue weighted by Gasteiger charge is -2.35. The van der Waals surface area contributed by atoms with Crippen LogP contribution < -0.4 is 4.74 Å². The quantitative estimate of drug-likeness (QED) is 0.162. The lowest BCUT2D eigenvalue weighted by atomic mass is 9.84. The van der Waals surface area contributed by atoms with Crippen molar-refractivity contribution in [2.45, 2.75) is 55.5 Å². The zero-order valence-corrected chi connectivity index (χ0v) is 24.4. The van der Waals surface area contributed by atoms with Crippen LogP contribution in [0.25, 0.3) is 11.0 Å². The molecule has 1 aliphatic heterocycles. The Balaban J connectivity index is 1.42. The maximum atomic E-state index is 13.2. The summed E-state index contributed by atoms with van der Waals surface area (Å²) >= 11 is 0. The van der Waals surface area contributed by atoms with Gasteiger partial charge < -0.3 is 9.30 Å². The average Bonchev–Trinajstić information content (AvgIpc) is 3.34. The van der Waals surface area contributed by atoms with Gasteiger partial charge in [-0.15, -0.1) is 0 Å². The van der Waals surface area contributed by atoms with E-state index in [4.69, 9.17) is 9.72 Å². The van der Waals surface area contributed by atoms with Crippen LogP contribution in [0.5, 0.6) is 5.75 Å². The van der Waals surface area contributed by atoms with Gasteiger partial charge in [0.05, 0.1) is 18.1 Å². The van der Waals surface area contributed by atoms with Gasteiger partial charge >= 0.3 is 15.5 Å². The molecule has 0 bridgehead atoms. The number of alkyl halides is 3. The Hall–Kier alpha value is -3.70. The largest absolute Gasteiger partial charge is 0.511 e. The number of ether oxygens (including phenoxy) is 1. The van der Waals surface area contributed by atoms with E-state index in [1.807, 2.05) is 48.5 Å². The highest BCUT2D eigenvalue weighted by Crippen LogP contribution is 2.42. The van der Waals surface area contributed by atoms with E-state index in [2.05, 4.69) is 10.6 Å². The highest BCUT2D eigenvalue weighted by Gasteiger charge is 2.50. The summed E-state index contributed by atoms with van der Waals surface area (Å²) in [5, 5.41) is 0. The molecule has 43 heavy (non-hydrogen) atoms. The first-order chi connectivity index (χ1) is 20.6. The number of rotatable bonds is 8. The van der Waals surface area contributed by atoms with Crippen LogP contribution in [0.15, 0.2) is 66.7 Å². The zero-order valence-electron chi connectivity index (χ0n) is 23.6. The molecule has 2 fully saturated rings. The fourth-order valence-electron chi connectivity index (χ4n) is 6.27. The first-order valence-corrected chi connectivity index (χ1v) is 15.8. The summed E-state index contributed by atoms with van der Waals surface area (Å²) in [6.07, 6.45) is 4.42. The second-order valence-corrected chi connectivity index (χ2v) is 13.2. The highest BCUT2D eigenvalue weighted by molar-refractivity contribution is 7.90. The van der Waals surface area contributed by atoms with Crippen molar-refractivity contribution in [1.29, 1.82) is 0 Å². The Bertz CT molecular complexity index is 1720. The molecule has 1 saturated carbocycles. The van der Waals surface area contributed by atoms with Crippen LogP contribution in [-0.2, 0) is 10.0 Å². The number of hydrogen-bond donors (Lipinski definition) is 0. The van der Waals surface area contributed by atoms with Crippen molar-refractivity contribution >= 4 is 27.3 Å². The topological polar surface area (TPSA) is 81.5 Å². The number of methoxy groups -OCH3 is 1. The number of fused-ring (bicyclic) bond motifs is 1. The number of aldehydes is 1. The van der Waals surface area contributed by atoms with Gasteiger partial charge in [0.15, 0.2) is 0 Å². The molecule has 4 aromatic rings. The van der Waals surface area contributed by atoms with Crippen molar-refractivity contribution in [2.75, 3.05) is 20.2 Å². The standard InChI is InChI=1S/C32H32F3N3O4S/c1-42-27-12-9-23(10-13-27)30(22-7-5-21(20-39)6-8-22)25-11-14-28-29(19-25)38(31(36-28)24-3-2-4-24)26-15-17-37(18-16-26)43(40,41)32(33,34)35/h5-14,19-20,24,26,30H,2-4,15-18H2,1H3. The van der Waals surface area contributed by atoms with E-state index >= 15 is 0 Å². The molecule has 1 atom stereocenters. The van der Waals surface area contributed by atoms with Crippen LogP contribution in [0.2, 0.25) is 0 Å². The third-order valence-electron chi connectivity index (χ3n) is 8.82. The van der Waals surface area contributed by atoms with Crippen molar-refractivity contribution in [3.63, 3.8) is 0 Å². The van der Waals surface area contributed by atoms with E-state index in [1.165, 1.54) is 0 Å². The number of halogens is 3. The number of carbonyl (C=O) groups excluding carboxylic acids is 1. The van der Waals surface area contributed by atoms with Crippen molar-refractivity contribution in [3.8, 4) is 5.75 Å². The zero-order chi connectivity index (χ0) is 30.4. The van der Waals surface area contributed by atoms with E-state index in [9.17, 15) is 26.4 Å². The Morgan fingerprint density at radius 2 is 1.51 bits per heavy atom. The molecular weight excluding hydrogens is 579 g/mol. The number of sulfonamides is 1. The van der Waals surface area contributed by atoms with Crippen molar-refractivity contribution in [1.82, 2.24) is 13.9 Å². The molecule has 2 heterocycles. The molecule has 3 aromatic carbocycles. The van der Waals surface area contributed by atoms with Crippen LogP contribution in [0, 0.1) is 0 Å². The minimum absolute atomic E-state index is 0.176. The SMILES string of the molecule is COc1ccc(C(c2ccc(C=O)cc2)c2ccc3nc(C4CCC4)n(C4CCN(S(=O)(=O)C(F)(F)F)CC4)c3c2)cc1. The molecule has 7 nitrogen and oxygen atoms in total. The number of hydrogen-bond acceptors (Lipinski definition) is 5. The first kappa shape index (κ1) is 29.4. The van der Waals surface area contributed by atoms with Gasteiger partial charge in [-0.1, -0.05) is 48.9 Å². The van der Waals surface area contributed by atoms with E-state index in [0.717, 1.165) is 64.8 Å². The fraction of sp³-hybridized carbons (Fsp3) is 0.375. The monoisotopic (exact) mass is 611 g/mol. The second-order valence-electron chi connectivity index (χ2n) is 11.3. The van der Waals surface area contributed by atoms with Crippen LogP contribution in [-0.4, -0.2) is 54.3 Å². The van der Waals surface area contributed by atoms with Gasteiger partial charge in [0.1, 0.15) is 17.9 Å². The maximum absolute atomic E-state index is 13.2. The maximum Gasteiger partial charge on any atom is 0.511 e. The molecular formula is C32H32F3N3O4S. The second kappa shape index (κ2) is 11.4. The van der Waals surface area contributed by atoms with Crippen molar-refractivity contribution in [2.24, 2.45) is 0 Å². The van der Waals surface area contributed by atoms with Crippen LogP contribution in [0.3, 0.4) is 0 Å². The minimum Gasteiger partial charge on any atom is -0.497 e. The number of nitrogens with zero attached hydrogens (tertiary/aromatic N) is 3. The number of benzene rings is 3. The van der Waals surface area contributed by atoms with Crippen LogP contribution in [0.1, 0.15) is 82.9 Å². The Morgan fingerprint density at radius 1 is 0.907 bits per heavy atom. The molecule has 1 aromatic heterocycles. The van der Waals surface area contributed by atoms with Gasteiger partial charge in [0.25, 0.3) is 0 Å². The molecule has 2 aliphatic rings. The molecule has 1 saturated heterocycles. The van der Waals surface area contributed by atoms with Gasteiger partial charge in [0.2, 0.25) is 0 Å². The number of imidazole rings is 1. The first-order valence-electron chi connectivity index (χ1n) is 14.4. The summed E-state index contributed by atoms with van der Waals surface area (Å²) in [7, 11) is -3.75. The molecule has 1 unspecified atom stereocenters. The third-order valence-corrected chi connectivity index (χ3v) is 10.5. The summed E-state index contributed by atoms with van der Waals surface area (Å²) in [5.74, 6) is 1.74. The smallest absolute Gasteiger partial charge is 0.497 e. The number of carbonyl (C=O) groups is 1. The average molecular weight is 612 g/mol. The van der Waals surface area contributed by atoms with Crippen molar-refractivity contribution < 1.29 is 31.1 Å². The molecule has 0 N–H and O–H groups in total. The highest BCUT2D eigenvalue weighted by atomic mass is 32.2. The summed E-state index contributed by atoms with van der Waals surface area (Å²) in [6, 6.07) is 21.3.